The van der Waals surface area contributed by atoms with E-state index in [0.717, 1.165) is 46.9 Å². The number of amides is 1. The number of fused-ring (bicyclic) bond motifs is 1. The van der Waals surface area contributed by atoms with Crippen molar-refractivity contribution >= 4 is 11.8 Å². The van der Waals surface area contributed by atoms with E-state index in [9.17, 15) is 4.79 Å². The van der Waals surface area contributed by atoms with Gasteiger partial charge in [-0.1, -0.05) is 42.5 Å². The maximum atomic E-state index is 12.9. The predicted molar refractivity (Wildman–Crippen MR) is 173 cm³/mol. The Bertz CT molecular complexity index is 1370. The number of anilines is 1. The molecule has 9 nitrogen and oxygen atoms in total. The summed E-state index contributed by atoms with van der Waals surface area (Å²) in [6.45, 7) is 9.42. The Balaban J connectivity index is 1.14. The fraction of sp³-hybridized carbons (Fsp3) is 0.472. The Hall–Kier alpha value is -3.95. The highest BCUT2D eigenvalue weighted by molar-refractivity contribution is 5.68. The van der Waals surface area contributed by atoms with Gasteiger partial charge in [-0.15, -0.1) is 0 Å². The molecule has 0 bridgehead atoms. The van der Waals surface area contributed by atoms with Gasteiger partial charge in [0.25, 0.3) is 0 Å². The minimum absolute atomic E-state index is 0.116. The number of ether oxygens (including phenoxy) is 6. The molecule has 2 aliphatic heterocycles. The third-order valence-electron chi connectivity index (χ3n) is 7.87. The molecule has 0 radical (unpaired) electrons. The maximum Gasteiger partial charge on any atom is 0.410 e. The van der Waals surface area contributed by atoms with Gasteiger partial charge < -0.3 is 38.6 Å². The highest BCUT2D eigenvalue weighted by Gasteiger charge is 2.36. The monoisotopic (exact) mass is 618 g/mol. The average Bonchev–Trinajstić information content (AvgIpc) is 3.05. The molecule has 0 spiro atoms. The second kappa shape index (κ2) is 15.4. The predicted octanol–water partition coefficient (Wildman–Crippen LogP) is 6.66. The van der Waals surface area contributed by atoms with Crippen LogP contribution in [0.1, 0.15) is 50.7 Å². The molecule has 5 rings (SSSR count). The number of hydrogen-bond acceptors (Lipinski definition) is 8. The van der Waals surface area contributed by atoms with Gasteiger partial charge in [-0.3, -0.25) is 0 Å². The highest BCUT2D eigenvalue weighted by atomic mass is 16.6. The van der Waals surface area contributed by atoms with Crippen molar-refractivity contribution in [1.29, 1.82) is 0 Å². The molecule has 1 unspecified atom stereocenters. The minimum Gasteiger partial charge on any atom is -0.496 e. The lowest BCUT2D eigenvalue weighted by atomic mass is 9.87. The number of para-hydroxylation sites is 3. The number of methoxy groups -OCH3 is 1. The normalized spacial score (nSPS) is 19.6. The Labute approximate surface area is 266 Å². The first kappa shape index (κ1) is 32.4. The van der Waals surface area contributed by atoms with Crippen LogP contribution in [0, 0.1) is 0 Å². The first-order valence-corrected chi connectivity index (χ1v) is 15.8. The van der Waals surface area contributed by atoms with E-state index >= 15 is 0 Å². The van der Waals surface area contributed by atoms with Crippen LogP contribution in [-0.4, -0.2) is 75.4 Å². The van der Waals surface area contributed by atoms with Crippen LogP contribution in [0.4, 0.5) is 10.5 Å². The lowest BCUT2D eigenvalue weighted by Crippen LogP contribution is -2.49. The molecule has 1 amide bonds. The van der Waals surface area contributed by atoms with Gasteiger partial charge in [0.1, 0.15) is 29.0 Å². The number of rotatable bonds is 12. The van der Waals surface area contributed by atoms with Crippen LogP contribution in [0.25, 0.3) is 0 Å². The molecule has 242 valence electrons. The van der Waals surface area contributed by atoms with Gasteiger partial charge in [-0.25, -0.2) is 4.79 Å². The molecular formula is C36H46N2O7. The smallest absolute Gasteiger partial charge is 0.410 e. The van der Waals surface area contributed by atoms with E-state index < -0.39 is 5.60 Å². The van der Waals surface area contributed by atoms with Crippen LogP contribution in [0.2, 0.25) is 0 Å². The molecular weight excluding hydrogens is 572 g/mol. The molecule has 1 saturated heterocycles. The molecule has 9 heteroatoms. The van der Waals surface area contributed by atoms with E-state index in [2.05, 4.69) is 17.4 Å². The molecule has 1 fully saturated rings. The minimum atomic E-state index is -0.559. The average molecular weight is 619 g/mol. The third-order valence-corrected chi connectivity index (χ3v) is 7.87. The molecule has 2 aliphatic rings. The molecule has 3 atom stereocenters. The SMILES string of the molecule is COc1ccccc1COCCCOc1ccc(C2CCN(C(=O)OC(C)(C)C)C[C@H]2OC[C@H]2CNc3ccccc3O2)cc1. The van der Waals surface area contributed by atoms with Crippen LogP contribution in [-0.2, 0) is 20.8 Å². The van der Waals surface area contributed by atoms with E-state index in [1.165, 1.54) is 0 Å². The first-order chi connectivity index (χ1) is 21.8. The Kier molecular flexibility index (Phi) is 11.1. The largest absolute Gasteiger partial charge is 0.496 e. The number of piperidine rings is 1. The first-order valence-electron chi connectivity index (χ1n) is 15.8. The zero-order valence-corrected chi connectivity index (χ0v) is 26.8. The van der Waals surface area contributed by atoms with Crippen molar-refractivity contribution in [2.24, 2.45) is 0 Å². The zero-order valence-electron chi connectivity index (χ0n) is 26.8. The van der Waals surface area contributed by atoms with Crippen LogP contribution in [0.5, 0.6) is 17.2 Å². The Morgan fingerprint density at radius 2 is 1.78 bits per heavy atom. The fourth-order valence-electron chi connectivity index (χ4n) is 5.61. The molecule has 0 saturated carbocycles. The second-order valence-electron chi connectivity index (χ2n) is 12.4. The zero-order chi connectivity index (χ0) is 31.6. The third kappa shape index (κ3) is 9.28. The lowest BCUT2D eigenvalue weighted by Gasteiger charge is -2.40. The summed E-state index contributed by atoms with van der Waals surface area (Å²) in [5.74, 6) is 2.59. The summed E-state index contributed by atoms with van der Waals surface area (Å²) in [6, 6.07) is 24.0. The Morgan fingerprint density at radius 3 is 2.58 bits per heavy atom. The van der Waals surface area contributed by atoms with Gasteiger partial charge in [0.05, 0.1) is 58.4 Å². The topological polar surface area (TPSA) is 87.7 Å². The van der Waals surface area contributed by atoms with E-state index in [0.29, 0.717) is 46.1 Å². The summed E-state index contributed by atoms with van der Waals surface area (Å²) in [6.07, 6.45) is 0.888. The molecule has 0 aliphatic carbocycles. The fourth-order valence-corrected chi connectivity index (χ4v) is 5.61. The van der Waals surface area contributed by atoms with E-state index in [1.54, 1.807) is 12.0 Å². The number of carbonyl (C=O) groups excluding carboxylic acids is 1. The molecule has 3 aromatic carbocycles. The van der Waals surface area contributed by atoms with Crippen molar-refractivity contribution in [1.82, 2.24) is 4.90 Å². The summed E-state index contributed by atoms with van der Waals surface area (Å²) < 4.78 is 35.6. The van der Waals surface area contributed by atoms with Crippen molar-refractivity contribution in [3.8, 4) is 17.2 Å². The maximum absolute atomic E-state index is 12.9. The molecule has 3 aromatic rings. The summed E-state index contributed by atoms with van der Waals surface area (Å²) in [5.41, 5.74) is 2.62. The van der Waals surface area contributed by atoms with E-state index in [4.69, 9.17) is 28.4 Å². The van der Waals surface area contributed by atoms with Gasteiger partial charge in [0, 0.05) is 24.4 Å². The number of benzene rings is 3. The van der Waals surface area contributed by atoms with Crippen LogP contribution in [0.15, 0.2) is 72.8 Å². The van der Waals surface area contributed by atoms with Crippen LogP contribution < -0.4 is 19.5 Å². The summed E-state index contributed by atoms with van der Waals surface area (Å²) >= 11 is 0. The van der Waals surface area contributed by atoms with Gasteiger partial charge in [-0.2, -0.15) is 0 Å². The second-order valence-corrected chi connectivity index (χ2v) is 12.4. The van der Waals surface area contributed by atoms with Crippen LogP contribution >= 0.6 is 0 Å². The van der Waals surface area contributed by atoms with Gasteiger partial charge in [-0.05, 0) is 63.1 Å². The summed E-state index contributed by atoms with van der Waals surface area (Å²) in [7, 11) is 1.67. The molecule has 1 N–H and O–H groups in total. The van der Waals surface area contributed by atoms with Crippen molar-refractivity contribution in [2.45, 2.75) is 63.9 Å². The quantitative estimate of drug-likeness (QED) is 0.226. The number of nitrogens with one attached hydrogen (secondary N) is 1. The van der Waals surface area contributed by atoms with Gasteiger partial charge >= 0.3 is 6.09 Å². The summed E-state index contributed by atoms with van der Waals surface area (Å²) in [5, 5.41) is 3.43. The lowest BCUT2D eigenvalue weighted by molar-refractivity contribution is -0.0491. The van der Waals surface area contributed by atoms with Crippen molar-refractivity contribution in [3.63, 3.8) is 0 Å². The van der Waals surface area contributed by atoms with Crippen molar-refractivity contribution in [3.05, 3.63) is 83.9 Å². The van der Waals surface area contributed by atoms with E-state index in [-0.39, 0.29) is 24.2 Å². The molecule has 0 aromatic heterocycles. The van der Waals surface area contributed by atoms with Gasteiger partial charge in [0.15, 0.2) is 0 Å². The van der Waals surface area contributed by atoms with Crippen LogP contribution in [0.3, 0.4) is 0 Å². The number of carbonyl (C=O) groups is 1. The van der Waals surface area contributed by atoms with E-state index in [1.807, 2.05) is 81.4 Å². The molecule has 45 heavy (non-hydrogen) atoms. The van der Waals surface area contributed by atoms with Gasteiger partial charge in [0.2, 0.25) is 0 Å². The molecule has 2 heterocycles. The standard InChI is InChI=1S/C36H46N2O7/c1-36(2,3)45-35(39)38-19-18-30(34(23-38)43-25-29-22-37-31-11-6-8-13-33(31)44-29)26-14-16-28(17-15-26)42-21-9-20-41-24-27-10-5-7-12-32(27)40-4/h5-8,10-17,29-30,34,37H,9,18-25H2,1-4H3/t29-,30?,34-/m1/s1. The highest BCUT2D eigenvalue weighted by Crippen LogP contribution is 2.33. The number of likely N-dealkylation sites (tertiary alicyclic amines) is 1. The Morgan fingerprint density at radius 1 is 1.00 bits per heavy atom. The number of hydrogen-bond donors (Lipinski definition) is 1. The van der Waals surface area contributed by atoms with Crippen molar-refractivity contribution < 1.29 is 33.2 Å². The van der Waals surface area contributed by atoms with Crippen molar-refractivity contribution in [2.75, 3.05) is 51.9 Å². The number of nitrogens with zero attached hydrogens (tertiary/aromatic N) is 1. The summed E-state index contributed by atoms with van der Waals surface area (Å²) in [4.78, 5) is 14.7.